The topological polar surface area (TPSA) is 46.6 Å². The maximum atomic E-state index is 13.2. The maximum absolute atomic E-state index is 13.2. The van der Waals surface area contributed by atoms with E-state index in [9.17, 15) is 14.0 Å². The summed E-state index contributed by atoms with van der Waals surface area (Å²) in [6, 6.07) is 6.52. The molecule has 132 valence electrons. The molecule has 1 amide bonds. The van der Waals surface area contributed by atoms with E-state index in [1.807, 2.05) is 17.9 Å². The lowest BCUT2D eigenvalue weighted by molar-refractivity contribution is -0.144. The van der Waals surface area contributed by atoms with Gasteiger partial charge < -0.3 is 9.64 Å². The van der Waals surface area contributed by atoms with Crippen LogP contribution in [0.5, 0.6) is 0 Å². The maximum Gasteiger partial charge on any atom is 0.305 e. The highest BCUT2D eigenvalue weighted by atomic mass is 19.1. The fourth-order valence-electron chi connectivity index (χ4n) is 3.26. The molecule has 0 spiro atoms. The lowest BCUT2D eigenvalue weighted by Crippen LogP contribution is -2.43. The number of nitrogens with zero attached hydrogens (tertiary/aromatic N) is 1. The van der Waals surface area contributed by atoms with Gasteiger partial charge in [0.25, 0.3) is 0 Å². The number of methoxy groups -OCH3 is 1. The van der Waals surface area contributed by atoms with E-state index in [0.29, 0.717) is 25.8 Å². The molecule has 1 fully saturated rings. The standard InChI is InChI=1S/C19H26FNO3/c1-14(8-9-15-5-3-7-17(20)11-15)19(23)21-10-4-6-16(13-21)12-18(22)24-2/h3,5,7,11,14,16H,4,6,8-10,12-13H2,1-2H3. The largest absolute Gasteiger partial charge is 0.469 e. The molecule has 2 unspecified atom stereocenters. The van der Waals surface area contributed by atoms with Gasteiger partial charge in [-0.2, -0.15) is 0 Å². The molecule has 1 saturated heterocycles. The second-order valence-electron chi connectivity index (χ2n) is 6.64. The van der Waals surface area contributed by atoms with Crippen LogP contribution in [0.3, 0.4) is 0 Å². The summed E-state index contributed by atoms with van der Waals surface area (Å²) in [5.74, 6) is -0.252. The molecule has 0 aromatic heterocycles. The molecule has 0 saturated carbocycles. The second kappa shape index (κ2) is 8.81. The minimum absolute atomic E-state index is 0.106. The minimum atomic E-state index is -0.242. The molecule has 2 rings (SSSR count). The highest BCUT2D eigenvalue weighted by Crippen LogP contribution is 2.22. The van der Waals surface area contributed by atoms with E-state index in [4.69, 9.17) is 4.74 Å². The monoisotopic (exact) mass is 335 g/mol. The molecule has 1 aliphatic heterocycles. The summed E-state index contributed by atoms with van der Waals surface area (Å²) in [5.41, 5.74) is 0.914. The van der Waals surface area contributed by atoms with E-state index >= 15 is 0 Å². The quantitative estimate of drug-likeness (QED) is 0.750. The van der Waals surface area contributed by atoms with Gasteiger partial charge in [-0.15, -0.1) is 0 Å². The Labute approximate surface area is 143 Å². The molecule has 1 aromatic carbocycles. The normalized spacial score (nSPS) is 19.0. The van der Waals surface area contributed by atoms with Crippen molar-refractivity contribution < 1.29 is 18.7 Å². The molecule has 1 heterocycles. The van der Waals surface area contributed by atoms with Crippen LogP contribution in [0.4, 0.5) is 4.39 Å². The van der Waals surface area contributed by atoms with Gasteiger partial charge in [0.2, 0.25) is 5.91 Å². The zero-order valence-electron chi connectivity index (χ0n) is 14.5. The smallest absolute Gasteiger partial charge is 0.305 e. The molecule has 0 radical (unpaired) electrons. The number of amides is 1. The van der Waals surface area contributed by atoms with Gasteiger partial charge in [0.05, 0.1) is 7.11 Å². The highest BCUT2D eigenvalue weighted by Gasteiger charge is 2.28. The summed E-state index contributed by atoms with van der Waals surface area (Å²) < 4.78 is 17.9. The first-order valence-corrected chi connectivity index (χ1v) is 8.59. The number of hydrogen-bond acceptors (Lipinski definition) is 3. The predicted molar refractivity (Wildman–Crippen MR) is 89.8 cm³/mol. The highest BCUT2D eigenvalue weighted by molar-refractivity contribution is 5.78. The van der Waals surface area contributed by atoms with Gasteiger partial charge in [0, 0.05) is 25.4 Å². The summed E-state index contributed by atoms with van der Waals surface area (Å²) in [5, 5.41) is 0. The zero-order valence-corrected chi connectivity index (χ0v) is 14.5. The van der Waals surface area contributed by atoms with Crippen LogP contribution in [-0.2, 0) is 20.7 Å². The van der Waals surface area contributed by atoms with E-state index in [-0.39, 0.29) is 29.5 Å². The minimum Gasteiger partial charge on any atom is -0.469 e. The van der Waals surface area contributed by atoms with Crippen molar-refractivity contribution in [2.75, 3.05) is 20.2 Å². The third kappa shape index (κ3) is 5.32. The Hall–Kier alpha value is -1.91. The number of ether oxygens (including phenoxy) is 1. The first-order valence-electron chi connectivity index (χ1n) is 8.59. The van der Waals surface area contributed by atoms with E-state index in [0.717, 1.165) is 24.9 Å². The Morgan fingerprint density at radius 3 is 2.92 bits per heavy atom. The number of esters is 1. The van der Waals surface area contributed by atoms with Gasteiger partial charge in [0.1, 0.15) is 5.82 Å². The average Bonchev–Trinajstić information content (AvgIpc) is 2.59. The van der Waals surface area contributed by atoms with Crippen molar-refractivity contribution in [2.24, 2.45) is 11.8 Å². The van der Waals surface area contributed by atoms with E-state index in [2.05, 4.69) is 0 Å². The van der Waals surface area contributed by atoms with E-state index in [1.165, 1.54) is 19.2 Å². The number of carbonyl (C=O) groups excluding carboxylic acids is 2. The van der Waals surface area contributed by atoms with Gasteiger partial charge in [-0.1, -0.05) is 19.1 Å². The van der Waals surface area contributed by atoms with Crippen molar-refractivity contribution in [1.82, 2.24) is 4.90 Å². The molecule has 0 bridgehead atoms. The Kier molecular flexibility index (Phi) is 6.76. The molecule has 0 aliphatic carbocycles. The summed E-state index contributed by atoms with van der Waals surface area (Å²) in [6.45, 7) is 3.30. The van der Waals surface area contributed by atoms with Crippen molar-refractivity contribution in [3.8, 4) is 0 Å². The molecule has 2 atom stereocenters. The fourth-order valence-corrected chi connectivity index (χ4v) is 3.26. The van der Waals surface area contributed by atoms with Crippen LogP contribution in [0.2, 0.25) is 0 Å². The van der Waals surface area contributed by atoms with E-state index < -0.39 is 0 Å². The van der Waals surface area contributed by atoms with Crippen LogP contribution in [0.1, 0.15) is 38.2 Å². The Morgan fingerprint density at radius 2 is 2.21 bits per heavy atom. The Bertz CT molecular complexity index is 575. The number of likely N-dealkylation sites (tertiary alicyclic amines) is 1. The molecule has 5 heteroatoms. The average molecular weight is 335 g/mol. The lowest BCUT2D eigenvalue weighted by atomic mass is 9.93. The SMILES string of the molecule is COC(=O)CC1CCCN(C(=O)C(C)CCc2cccc(F)c2)C1. The van der Waals surface area contributed by atoms with E-state index in [1.54, 1.807) is 6.07 Å². The summed E-state index contributed by atoms with van der Waals surface area (Å²) >= 11 is 0. The van der Waals surface area contributed by atoms with Crippen LogP contribution < -0.4 is 0 Å². The first kappa shape index (κ1) is 18.4. The Balaban J connectivity index is 1.84. The number of aryl methyl sites for hydroxylation is 1. The van der Waals surface area contributed by atoms with Crippen LogP contribution in [0, 0.1) is 17.7 Å². The molecule has 1 aromatic rings. The number of piperidine rings is 1. The number of rotatable bonds is 6. The zero-order chi connectivity index (χ0) is 17.5. The van der Waals surface area contributed by atoms with Gasteiger partial charge in [-0.25, -0.2) is 4.39 Å². The van der Waals surface area contributed by atoms with Crippen molar-refractivity contribution in [1.29, 1.82) is 0 Å². The summed E-state index contributed by atoms with van der Waals surface area (Å²) in [6.07, 6.45) is 3.63. The van der Waals surface area contributed by atoms with Crippen LogP contribution in [0.25, 0.3) is 0 Å². The molecular weight excluding hydrogens is 309 g/mol. The molecule has 0 N–H and O–H groups in total. The second-order valence-corrected chi connectivity index (χ2v) is 6.64. The molecular formula is C19H26FNO3. The van der Waals surface area contributed by atoms with Crippen molar-refractivity contribution in [3.05, 3.63) is 35.6 Å². The number of halogens is 1. The van der Waals surface area contributed by atoms with Crippen LogP contribution in [-0.4, -0.2) is 37.0 Å². The van der Waals surface area contributed by atoms with Crippen molar-refractivity contribution >= 4 is 11.9 Å². The van der Waals surface area contributed by atoms with Crippen LogP contribution >= 0.6 is 0 Å². The first-order chi connectivity index (χ1) is 11.5. The fraction of sp³-hybridized carbons (Fsp3) is 0.579. The van der Waals surface area contributed by atoms with Gasteiger partial charge >= 0.3 is 5.97 Å². The number of carbonyl (C=O) groups is 2. The van der Waals surface area contributed by atoms with Crippen LogP contribution in [0.15, 0.2) is 24.3 Å². The number of hydrogen-bond donors (Lipinski definition) is 0. The van der Waals surface area contributed by atoms with Gasteiger partial charge in [0.15, 0.2) is 0 Å². The third-order valence-corrected chi connectivity index (χ3v) is 4.69. The molecule has 1 aliphatic rings. The van der Waals surface area contributed by atoms with Gasteiger partial charge in [-0.05, 0) is 49.3 Å². The lowest BCUT2D eigenvalue weighted by Gasteiger charge is -2.34. The number of benzene rings is 1. The third-order valence-electron chi connectivity index (χ3n) is 4.69. The molecule has 24 heavy (non-hydrogen) atoms. The Morgan fingerprint density at radius 1 is 1.42 bits per heavy atom. The molecule has 4 nitrogen and oxygen atoms in total. The van der Waals surface area contributed by atoms with Crippen molar-refractivity contribution in [3.63, 3.8) is 0 Å². The summed E-state index contributed by atoms with van der Waals surface area (Å²) in [7, 11) is 1.39. The van der Waals surface area contributed by atoms with Gasteiger partial charge in [-0.3, -0.25) is 9.59 Å². The predicted octanol–water partition coefficient (Wildman–Crippen LogP) is 3.20. The van der Waals surface area contributed by atoms with Crippen molar-refractivity contribution in [2.45, 2.75) is 39.0 Å². The summed E-state index contributed by atoms with van der Waals surface area (Å²) in [4.78, 5) is 25.9.